The van der Waals surface area contributed by atoms with Crippen LogP contribution in [0.3, 0.4) is 0 Å². The highest BCUT2D eigenvalue weighted by Crippen LogP contribution is 2.11. The van der Waals surface area contributed by atoms with Gasteiger partial charge in [0, 0.05) is 11.9 Å². The maximum Gasteiger partial charge on any atom is 0.279 e. The van der Waals surface area contributed by atoms with Crippen LogP contribution in [0.2, 0.25) is 0 Å². The summed E-state index contributed by atoms with van der Waals surface area (Å²) in [5, 5.41) is 0. The molecule has 0 heterocycles. The topological polar surface area (TPSA) is 55.5 Å². The molecule has 0 saturated carbocycles. The molecular weight excluding hydrogens is 212 g/mol. The molecule has 2 rings (SSSR count). The number of benzene rings is 2. The van der Waals surface area contributed by atoms with Crippen LogP contribution < -0.4 is 5.73 Å². The molecule has 0 saturated heterocycles. The van der Waals surface area contributed by atoms with Gasteiger partial charge in [-0.05, 0) is 17.7 Å². The third-order valence-corrected chi connectivity index (χ3v) is 2.32. The van der Waals surface area contributed by atoms with E-state index in [-0.39, 0.29) is 5.91 Å². The van der Waals surface area contributed by atoms with Crippen LogP contribution in [-0.4, -0.2) is 12.1 Å². The molecule has 0 aliphatic heterocycles. The van der Waals surface area contributed by atoms with Crippen molar-refractivity contribution in [2.24, 2.45) is 4.99 Å². The van der Waals surface area contributed by atoms with Crippen molar-refractivity contribution in [2.75, 3.05) is 5.73 Å². The van der Waals surface area contributed by atoms with E-state index in [9.17, 15) is 4.79 Å². The molecule has 17 heavy (non-hydrogen) atoms. The Hall–Kier alpha value is -2.42. The Morgan fingerprint density at radius 1 is 1.00 bits per heavy atom. The van der Waals surface area contributed by atoms with Crippen LogP contribution in [0.4, 0.5) is 5.69 Å². The first-order chi connectivity index (χ1) is 8.27. The molecule has 2 N–H and O–H groups in total. The summed E-state index contributed by atoms with van der Waals surface area (Å²) in [6, 6.07) is 16.4. The Labute approximate surface area is 99.6 Å². The minimum Gasteiger partial charge on any atom is -0.398 e. The molecule has 84 valence electrons. The Morgan fingerprint density at radius 3 is 2.35 bits per heavy atom. The second-order valence-corrected chi connectivity index (χ2v) is 3.56. The van der Waals surface area contributed by atoms with Crippen LogP contribution >= 0.6 is 0 Å². The Morgan fingerprint density at radius 2 is 1.65 bits per heavy atom. The second kappa shape index (κ2) is 5.07. The molecule has 0 radical (unpaired) electrons. The smallest absolute Gasteiger partial charge is 0.279 e. The first kappa shape index (κ1) is 11.1. The number of nitrogen functional groups attached to an aromatic ring is 1. The van der Waals surface area contributed by atoms with Gasteiger partial charge < -0.3 is 5.73 Å². The zero-order valence-corrected chi connectivity index (χ0v) is 9.21. The molecule has 0 aliphatic rings. The molecule has 0 atom stereocenters. The Kier molecular flexibility index (Phi) is 3.31. The molecule has 1 amide bonds. The summed E-state index contributed by atoms with van der Waals surface area (Å²) in [4.78, 5) is 15.6. The van der Waals surface area contributed by atoms with E-state index < -0.39 is 0 Å². The summed E-state index contributed by atoms with van der Waals surface area (Å²) in [5.41, 5.74) is 7.46. The molecule has 2 aromatic carbocycles. The van der Waals surface area contributed by atoms with E-state index in [1.807, 2.05) is 30.3 Å². The molecule has 0 fully saturated rings. The van der Waals surface area contributed by atoms with Crippen LogP contribution in [0.25, 0.3) is 0 Å². The van der Waals surface area contributed by atoms with Crippen molar-refractivity contribution in [1.29, 1.82) is 0 Å². The van der Waals surface area contributed by atoms with Gasteiger partial charge in [0.2, 0.25) is 0 Å². The van der Waals surface area contributed by atoms with Crippen LogP contribution in [0.5, 0.6) is 0 Å². The first-order valence-corrected chi connectivity index (χ1v) is 5.25. The van der Waals surface area contributed by atoms with E-state index in [4.69, 9.17) is 5.73 Å². The van der Waals surface area contributed by atoms with Gasteiger partial charge in [-0.3, -0.25) is 4.79 Å². The lowest BCUT2D eigenvalue weighted by atomic mass is 10.2. The normalized spacial score (nSPS) is 10.6. The summed E-state index contributed by atoms with van der Waals surface area (Å²) in [5.74, 6) is -0.327. The van der Waals surface area contributed by atoms with E-state index in [0.717, 1.165) is 5.56 Å². The van der Waals surface area contributed by atoms with Crippen molar-refractivity contribution in [1.82, 2.24) is 0 Å². The molecule has 3 heteroatoms. The van der Waals surface area contributed by atoms with Gasteiger partial charge in [0.05, 0.1) is 5.56 Å². The van der Waals surface area contributed by atoms with Crippen molar-refractivity contribution in [2.45, 2.75) is 0 Å². The highest BCUT2D eigenvalue weighted by molar-refractivity contribution is 6.04. The van der Waals surface area contributed by atoms with Crippen LogP contribution in [-0.2, 0) is 0 Å². The van der Waals surface area contributed by atoms with Gasteiger partial charge in [-0.2, -0.15) is 0 Å². The number of hydrogen-bond acceptors (Lipinski definition) is 2. The van der Waals surface area contributed by atoms with Gasteiger partial charge in [-0.1, -0.05) is 42.5 Å². The third kappa shape index (κ3) is 2.78. The average molecular weight is 224 g/mol. The zero-order chi connectivity index (χ0) is 12.1. The van der Waals surface area contributed by atoms with Gasteiger partial charge in [0.25, 0.3) is 5.91 Å². The standard InChI is InChI=1S/C14H12N2O/c15-13-9-5-4-8-12(13)14(17)16-10-11-6-2-1-3-7-11/h1-10H,15H2. The Bertz CT molecular complexity index is 547. The lowest BCUT2D eigenvalue weighted by Crippen LogP contribution is -2.01. The predicted molar refractivity (Wildman–Crippen MR) is 69.2 cm³/mol. The van der Waals surface area contributed by atoms with E-state index in [2.05, 4.69) is 4.99 Å². The quantitative estimate of drug-likeness (QED) is 0.629. The maximum absolute atomic E-state index is 11.8. The van der Waals surface area contributed by atoms with Crippen LogP contribution in [0.15, 0.2) is 59.6 Å². The summed E-state index contributed by atoms with van der Waals surface area (Å²) >= 11 is 0. The third-order valence-electron chi connectivity index (χ3n) is 2.32. The zero-order valence-electron chi connectivity index (χ0n) is 9.21. The minimum atomic E-state index is -0.327. The minimum absolute atomic E-state index is 0.327. The molecule has 2 aromatic rings. The van der Waals surface area contributed by atoms with Crippen molar-refractivity contribution in [3.8, 4) is 0 Å². The van der Waals surface area contributed by atoms with Gasteiger partial charge in [-0.15, -0.1) is 0 Å². The summed E-state index contributed by atoms with van der Waals surface area (Å²) in [6.45, 7) is 0. The van der Waals surface area contributed by atoms with Crippen molar-refractivity contribution in [3.63, 3.8) is 0 Å². The van der Waals surface area contributed by atoms with Gasteiger partial charge in [0.1, 0.15) is 0 Å². The number of nitrogens with two attached hydrogens (primary N) is 1. The highest BCUT2D eigenvalue weighted by Gasteiger charge is 2.05. The molecule has 0 aliphatic carbocycles. The van der Waals surface area contributed by atoms with E-state index in [1.165, 1.54) is 6.21 Å². The average Bonchev–Trinajstić information content (AvgIpc) is 2.38. The predicted octanol–water partition coefficient (Wildman–Crippen LogP) is 2.53. The summed E-state index contributed by atoms with van der Waals surface area (Å²) in [7, 11) is 0. The lowest BCUT2D eigenvalue weighted by Gasteiger charge is -1.99. The lowest BCUT2D eigenvalue weighted by molar-refractivity contribution is 0.100. The summed E-state index contributed by atoms with van der Waals surface area (Å²) in [6.07, 6.45) is 1.54. The first-order valence-electron chi connectivity index (χ1n) is 5.25. The molecule has 0 aromatic heterocycles. The largest absolute Gasteiger partial charge is 0.398 e. The van der Waals surface area contributed by atoms with E-state index in [0.29, 0.717) is 11.3 Å². The SMILES string of the molecule is Nc1ccccc1C(=O)N=Cc1ccccc1. The van der Waals surface area contributed by atoms with E-state index >= 15 is 0 Å². The summed E-state index contributed by atoms with van der Waals surface area (Å²) < 4.78 is 0. The number of carbonyl (C=O) groups is 1. The van der Waals surface area contributed by atoms with Gasteiger partial charge >= 0.3 is 0 Å². The van der Waals surface area contributed by atoms with Gasteiger partial charge in [-0.25, -0.2) is 4.99 Å². The number of nitrogens with zero attached hydrogens (tertiary/aromatic N) is 1. The number of amides is 1. The van der Waals surface area contributed by atoms with Crippen molar-refractivity contribution < 1.29 is 4.79 Å². The van der Waals surface area contributed by atoms with E-state index in [1.54, 1.807) is 24.3 Å². The van der Waals surface area contributed by atoms with Crippen molar-refractivity contribution >= 4 is 17.8 Å². The fourth-order valence-electron chi connectivity index (χ4n) is 1.43. The number of anilines is 1. The number of hydrogen-bond donors (Lipinski definition) is 1. The second-order valence-electron chi connectivity index (χ2n) is 3.56. The molecule has 0 spiro atoms. The van der Waals surface area contributed by atoms with Crippen molar-refractivity contribution in [3.05, 3.63) is 65.7 Å². The number of para-hydroxylation sites is 1. The monoisotopic (exact) mass is 224 g/mol. The number of aliphatic imine (C=N–C) groups is 1. The number of carbonyl (C=O) groups excluding carboxylic acids is 1. The molecule has 0 unspecified atom stereocenters. The van der Waals surface area contributed by atoms with Crippen LogP contribution in [0, 0.1) is 0 Å². The fourth-order valence-corrected chi connectivity index (χ4v) is 1.43. The fraction of sp³-hybridized carbons (Fsp3) is 0. The Balaban J connectivity index is 2.18. The maximum atomic E-state index is 11.8. The number of rotatable bonds is 2. The molecule has 3 nitrogen and oxygen atoms in total. The highest BCUT2D eigenvalue weighted by atomic mass is 16.1. The molecule has 0 bridgehead atoms. The van der Waals surface area contributed by atoms with Crippen LogP contribution in [0.1, 0.15) is 15.9 Å². The molecular formula is C14H12N2O. The van der Waals surface area contributed by atoms with Gasteiger partial charge in [0.15, 0.2) is 0 Å².